The Morgan fingerprint density at radius 3 is 1.48 bits per heavy atom. The molecule has 0 N–H and O–H groups in total. The van der Waals surface area contributed by atoms with Gasteiger partial charge in [0.25, 0.3) is 0 Å². The third-order valence-corrected chi connectivity index (χ3v) is 6.33. The smallest absolute Gasteiger partial charge is 0.304 e. The van der Waals surface area contributed by atoms with Gasteiger partial charge in [0, 0.05) is 63.2 Å². The van der Waals surface area contributed by atoms with E-state index in [1.807, 2.05) is 53.3 Å². The highest BCUT2D eigenvalue weighted by atomic mass is 19.4. The fourth-order valence-corrected chi connectivity index (χ4v) is 4.53. The van der Waals surface area contributed by atoms with Gasteiger partial charge in [0.15, 0.2) is 5.69 Å². The van der Waals surface area contributed by atoms with Crippen molar-refractivity contribution in [2.24, 2.45) is 21.7 Å². The summed E-state index contributed by atoms with van der Waals surface area (Å²) in [7, 11) is 4.12. The Bertz CT molecular complexity index is 1510. The van der Waals surface area contributed by atoms with Gasteiger partial charge in [-0.2, -0.15) is 33.6 Å². The molecule has 0 fully saturated rings. The molecule has 284 valence electrons. The van der Waals surface area contributed by atoms with Crippen LogP contribution in [-0.4, -0.2) is 58.1 Å². The fourth-order valence-electron chi connectivity index (χ4n) is 4.53. The molecule has 0 radical (unpaired) electrons. The maximum atomic E-state index is 12.2. The monoisotopic (exact) mass is 706 g/mol. The van der Waals surface area contributed by atoms with E-state index in [1.54, 1.807) is 0 Å². The van der Waals surface area contributed by atoms with E-state index >= 15 is 0 Å². The van der Waals surface area contributed by atoms with Crippen LogP contribution >= 0.6 is 0 Å². The zero-order valence-electron chi connectivity index (χ0n) is 33.8. The molecule has 0 aliphatic heterocycles. The van der Waals surface area contributed by atoms with Gasteiger partial charge in [-0.05, 0) is 73.4 Å². The molecule has 0 aromatic carbocycles. The van der Waals surface area contributed by atoms with E-state index in [0.29, 0.717) is 22.8 Å². The molecule has 0 aliphatic carbocycles. The topological polar surface area (TPSA) is 74.5 Å². The molecular formula is C38H66F3N9. The lowest BCUT2D eigenvalue weighted by Gasteiger charge is -2.18. The molecule has 0 amide bonds. The molecule has 9 nitrogen and oxygen atoms in total. The highest BCUT2D eigenvalue weighted by Gasteiger charge is 2.33. The molecular weight excluding hydrogens is 639 g/mol. The van der Waals surface area contributed by atoms with Crippen LogP contribution in [-0.2, 0) is 38.9 Å². The highest BCUT2D eigenvalue weighted by Crippen LogP contribution is 2.28. The van der Waals surface area contributed by atoms with Crippen LogP contribution in [0, 0.1) is 35.5 Å². The van der Waals surface area contributed by atoms with E-state index in [4.69, 9.17) is 0 Å². The lowest BCUT2D eigenvalue weighted by molar-refractivity contribution is -0.141. The Labute approximate surface area is 300 Å². The average molecular weight is 706 g/mol. The summed E-state index contributed by atoms with van der Waals surface area (Å²) < 4.78 is 43.9. The van der Waals surface area contributed by atoms with Crippen LogP contribution in [0.4, 0.5) is 13.2 Å². The maximum Gasteiger partial charge on any atom is 0.435 e. The number of aryl methyl sites for hydroxylation is 2. The Morgan fingerprint density at radius 2 is 1.10 bits per heavy atom. The van der Waals surface area contributed by atoms with Crippen LogP contribution in [0.25, 0.3) is 0 Å². The number of halogens is 3. The summed E-state index contributed by atoms with van der Waals surface area (Å²) >= 11 is 0. The van der Waals surface area contributed by atoms with Crippen molar-refractivity contribution in [1.29, 1.82) is 0 Å². The number of rotatable bonds is 6. The van der Waals surface area contributed by atoms with Crippen molar-refractivity contribution in [2.45, 2.75) is 136 Å². The van der Waals surface area contributed by atoms with Gasteiger partial charge < -0.3 is 4.90 Å². The molecule has 0 saturated heterocycles. The minimum atomic E-state index is -4.34. The van der Waals surface area contributed by atoms with Crippen LogP contribution in [0.2, 0.25) is 0 Å². The zero-order chi connectivity index (χ0) is 38.7. The summed E-state index contributed by atoms with van der Waals surface area (Å²) in [6.07, 6.45) is 4.89. The first-order chi connectivity index (χ1) is 22.5. The second kappa shape index (κ2) is 18.2. The van der Waals surface area contributed by atoms with Gasteiger partial charge in [-0.1, -0.05) is 83.1 Å². The van der Waals surface area contributed by atoms with E-state index in [9.17, 15) is 13.2 Å². The number of nitrogens with zero attached hydrogens (tertiary/aromatic N) is 9. The Morgan fingerprint density at radius 1 is 0.620 bits per heavy atom. The Balaban J connectivity index is 0.000000335. The number of aromatic nitrogens is 8. The van der Waals surface area contributed by atoms with Gasteiger partial charge in [-0.15, -0.1) is 0 Å². The zero-order valence-corrected chi connectivity index (χ0v) is 33.8. The summed E-state index contributed by atoms with van der Waals surface area (Å²) in [4.78, 5) is 2.13. The van der Waals surface area contributed by atoms with Crippen LogP contribution < -0.4 is 0 Å². The third kappa shape index (κ3) is 21.0. The van der Waals surface area contributed by atoms with Crippen molar-refractivity contribution in [3.05, 3.63) is 71.8 Å². The van der Waals surface area contributed by atoms with Crippen molar-refractivity contribution >= 4 is 0 Å². The van der Waals surface area contributed by atoms with Crippen molar-refractivity contribution in [2.75, 3.05) is 14.1 Å². The highest BCUT2D eigenvalue weighted by molar-refractivity contribution is 5.03. The normalized spacial score (nSPS) is 12.5. The third-order valence-electron chi connectivity index (χ3n) is 6.33. The number of hydrogen-bond donors (Lipinski definition) is 0. The minimum Gasteiger partial charge on any atom is -0.304 e. The molecule has 0 spiro atoms. The van der Waals surface area contributed by atoms with E-state index in [2.05, 4.69) is 134 Å². The minimum absolute atomic E-state index is 0.0745. The number of alkyl halides is 3. The Hall–Kier alpha value is -3.41. The summed E-state index contributed by atoms with van der Waals surface area (Å²) in [6, 6.07) is 5.11. The SMILES string of the molecule is CC(C)(C)Cn1ccc(C(F)(F)F)n1.CN(C)Cc1ccn(CC(C)(C)C)n1.Cc1ccnn1CC(C)(C)C.Cc1cnn(CC(C)(C)C)c1. The summed E-state index contributed by atoms with van der Waals surface area (Å²) in [6.45, 7) is 34.3. The molecule has 0 saturated carbocycles. The predicted octanol–water partition coefficient (Wildman–Crippen LogP) is 9.41. The second-order valence-electron chi connectivity index (χ2n) is 18.2. The van der Waals surface area contributed by atoms with Gasteiger partial charge in [0.1, 0.15) is 0 Å². The summed E-state index contributed by atoms with van der Waals surface area (Å²) in [5.74, 6) is 0. The molecule has 4 aromatic heterocycles. The molecule has 12 heteroatoms. The molecule has 0 bridgehead atoms. The van der Waals surface area contributed by atoms with Crippen LogP contribution in [0.5, 0.6) is 0 Å². The second-order valence-corrected chi connectivity index (χ2v) is 18.2. The summed E-state index contributed by atoms with van der Waals surface area (Å²) in [5, 5.41) is 16.4. The molecule has 0 aliphatic rings. The van der Waals surface area contributed by atoms with Crippen LogP contribution in [0.1, 0.15) is 106 Å². The summed E-state index contributed by atoms with van der Waals surface area (Å²) in [5.41, 5.74) is 3.63. The first-order valence-corrected chi connectivity index (χ1v) is 17.3. The quantitative estimate of drug-likeness (QED) is 0.200. The molecule has 0 atom stereocenters. The van der Waals surface area contributed by atoms with Gasteiger partial charge in [-0.25, -0.2) is 0 Å². The van der Waals surface area contributed by atoms with Gasteiger partial charge in [0.2, 0.25) is 0 Å². The van der Waals surface area contributed by atoms with E-state index in [-0.39, 0.29) is 5.41 Å². The van der Waals surface area contributed by atoms with Gasteiger partial charge >= 0.3 is 6.18 Å². The molecule has 4 rings (SSSR count). The van der Waals surface area contributed by atoms with Crippen molar-refractivity contribution in [3.8, 4) is 0 Å². The van der Waals surface area contributed by atoms with E-state index in [1.165, 1.54) is 22.1 Å². The van der Waals surface area contributed by atoms with Gasteiger partial charge in [-0.3, -0.25) is 18.7 Å². The largest absolute Gasteiger partial charge is 0.435 e. The maximum absolute atomic E-state index is 12.2. The molecule has 0 unspecified atom stereocenters. The van der Waals surface area contributed by atoms with Crippen LogP contribution in [0.15, 0.2) is 49.2 Å². The lowest BCUT2D eigenvalue weighted by Crippen LogP contribution is -2.17. The average Bonchev–Trinajstić information content (AvgIpc) is 3.68. The van der Waals surface area contributed by atoms with E-state index in [0.717, 1.165) is 37.9 Å². The lowest BCUT2D eigenvalue weighted by atomic mass is 9.97. The van der Waals surface area contributed by atoms with Crippen molar-refractivity contribution in [3.63, 3.8) is 0 Å². The van der Waals surface area contributed by atoms with Crippen molar-refractivity contribution in [1.82, 2.24) is 44.0 Å². The molecule has 4 heterocycles. The first-order valence-electron chi connectivity index (χ1n) is 17.3. The first kappa shape index (κ1) is 44.6. The van der Waals surface area contributed by atoms with Crippen LogP contribution in [0.3, 0.4) is 0 Å². The molecule has 4 aromatic rings. The van der Waals surface area contributed by atoms with Gasteiger partial charge in [0.05, 0.1) is 11.9 Å². The number of hydrogen-bond acceptors (Lipinski definition) is 5. The molecule has 50 heavy (non-hydrogen) atoms. The fraction of sp³-hybridized carbons (Fsp3) is 0.684. The standard InChI is InChI=1S/C11H21N3.C9H13F3N2.2C9H16N2/c1-11(2,3)9-14-7-6-10(12-14)8-13(4)5;1-8(2,3)6-14-5-4-7(13-14)9(10,11)12;1-8-5-10-11(6-8)7-9(2,3)4;1-8-5-6-10-11(8)7-9(2,3)4/h6-7H,8-9H2,1-5H3;4-5H,6H2,1-3H3;2*5-6H,7H2,1-4H3. The predicted molar refractivity (Wildman–Crippen MR) is 199 cm³/mol. The Kier molecular flexibility index (Phi) is 16.2. The van der Waals surface area contributed by atoms with Crippen molar-refractivity contribution < 1.29 is 13.2 Å². The van der Waals surface area contributed by atoms with E-state index < -0.39 is 11.9 Å².